The lowest BCUT2D eigenvalue weighted by Gasteiger charge is -2.26. The molecule has 1 aromatic rings. The highest BCUT2D eigenvalue weighted by Crippen LogP contribution is 2.08. The van der Waals surface area contributed by atoms with Crippen LogP contribution in [0.1, 0.15) is 25.8 Å². The molecule has 0 bridgehead atoms. The molecule has 1 amide bonds. The maximum Gasteiger partial charge on any atom is 0.244 e. The van der Waals surface area contributed by atoms with Crippen molar-refractivity contribution in [1.29, 1.82) is 0 Å². The topological polar surface area (TPSA) is 45.2 Å². The molecule has 1 aromatic heterocycles. The van der Waals surface area contributed by atoms with E-state index in [1.54, 1.807) is 24.5 Å². The zero-order chi connectivity index (χ0) is 15.0. The van der Waals surface area contributed by atoms with Gasteiger partial charge >= 0.3 is 0 Å². The number of hydrogen-bond donors (Lipinski definition) is 1. The number of hydrogen-bond acceptors (Lipinski definition) is 3. The minimum Gasteiger partial charge on any atom is -0.351 e. The third kappa shape index (κ3) is 6.48. The second-order valence-electron chi connectivity index (χ2n) is 5.61. The third-order valence-electron chi connectivity index (χ3n) is 3.12. The summed E-state index contributed by atoms with van der Waals surface area (Å²) < 4.78 is 0. The highest BCUT2D eigenvalue weighted by molar-refractivity contribution is 5.91. The standard InChI is InChI=1S/C16H25N3O/c1-13(2)11-15(19(3)4)12-18-16(20)6-5-14-7-9-17-10-8-14/h5-10,13,15H,11-12H2,1-4H3,(H,18,20)/b6-5+/t15-/m1/s1. The van der Waals surface area contributed by atoms with Gasteiger partial charge in [0.25, 0.3) is 0 Å². The van der Waals surface area contributed by atoms with Gasteiger partial charge in [-0.1, -0.05) is 13.8 Å². The third-order valence-corrected chi connectivity index (χ3v) is 3.12. The van der Waals surface area contributed by atoms with Crippen molar-refractivity contribution < 1.29 is 4.79 Å². The summed E-state index contributed by atoms with van der Waals surface area (Å²) in [6, 6.07) is 4.10. The van der Waals surface area contributed by atoms with Gasteiger partial charge in [0, 0.05) is 31.1 Å². The van der Waals surface area contributed by atoms with Gasteiger partial charge in [-0.2, -0.15) is 0 Å². The van der Waals surface area contributed by atoms with Crippen molar-refractivity contribution in [2.45, 2.75) is 26.3 Å². The Morgan fingerprint density at radius 3 is 2.55 bits per heavy atom. The molecule has 0 aliphatic rings. The van der Waals surface area contributed by atoms with Crippen LogP contribution in [0, 0.1) is 5.92 Å². The first-order chi connectivity index (χ1) is 9.49. The lowest BCUT2D eigenvalue weighted by molar-refractivity contribution is -0.116. The highest BCUT2D eigenvalue weighted by Gasteiger charge is 2.13. The summed E-state index contributed by atoms with van der Waals surface area (Å²) in [6.45, 7) is 5.06. The molecule has 0 aliphatic heterocycles. The molecule has 0 aliphatic carbocycles. The number of rotatable bonds is 7. The van der Waals surface area contributed by atoms with Crippen molar-refractivity contribution >= 4 is 12.0 Å². The number of likely N-dealkylation sites (N-methyl/N-ethyl adjacent to an activating group) is 1. The first-order valence-corrected chi connectivity index (χ1v) is 7.01. The monoisotopic (exact) mass is 275 g/mol. The van der Waals surface area contributed by atoms with Gasteiger partial charge in [0.15, 0.2) is 0 Å². The molecule has 1 atom stereocenters. The summed E-state index contributed by atoms with van der Waals surface area (Å²) >= 11 is 0. The van der Waals surface area contributed by atoms with E-state index in [9.17, 15) is 4.79 Å². The zero-order valence-corrected chi connectivity index (χ0v) is 12.8. The number of nitrogens with one attached hydrogen (secondary N) is 1. The molecule has 0 radical (unpaired) electrons. The van der Waals surface area contributed by atoms with Crippen LogP contribution in [0.15, 0.2) is 30.6 Å². The second kappa shape index (κ2) is 8.48. The maximum atomic E-state index is 11.8. The average molecular weight is 275 g/mol. The molecule has 4 nitrogen and oxygen atoms in total. The number of pyridine rings is 1. The van der Waals surface area contributed by atoms with Crippen LogP contribution in [0.25, 0.3) is 6.08 Å². The van der Waals surface area contributed by atoms with Gasteiger partial charge in [0.1, 0.15) is 0 Å². The Balaban J connectivity index is 2.43. The summed E-state index contributed by atoms with van der Waals surface area (Å²) in [6.07, 6.45) is 7.85. The number of amides is 1. The van der Waals surface area contributed by atoms with Gasteiger partial charge in [-0.15, -0.1) is 0 Å². The van der Waals surface area contributed by atoms with E-state index in [1.165, 1.54) is 0 Å². The Kier molecular flexibility index (Phi) is 6.94. The number of carbonyl (C=O) groups excluding carboxylic acids is 1. The van der Waals surface area contributed by atoms with Crippen molar-refractivity contribution in [2.24, 2.45) is 5.92 Å². The Morgan fingerprint density at radius 1 is 1.35 bits per heavy atom. The number of carbonyl (C=O) groups is 1. The minimum atomic E-state index is -0.0579. The van der Waals surface area contributed by atoms with Crippen molar-refractivity contribution in [3.05, 3.63) is 36.2 Å². The van der Waals surface area contributed by atoms with Crippen molar-refractivity contribution in [3.63, 3.8) is 0 Å². The zero-order valence-electron chi connectivity index (χ0n) is 12.8. The van der Waals surface area contributed by atoms with Gasteiger partial charge in [0.2, 0.25) is 5.91 Å². The maximum absolute atomic E-state index is 11.8. The molecule has 0 fully saturated rings. The van der Waals surface area contributed by atoms with Gasteiger partial charge in [-0.25, -0.2) is 0 Å². The van der Waals surface area contributed by atoms with Crippen LogP contribution in [0.5, 0.6) is 0 Å². The average Bonchev–Trinajstić information content (AvgIpc) is 2.41. The van der Waals surface area contributed by atoms with E-state index in [0.29, 0.717) is 18.5 Å². The van der Waals surface area contributed by atoms with E-state index in [1.807, 2.05) is 26.2 Å². The Labute approximate surface area is 121 Å². The van der Waals surface area contributed by atoms with Gasteiger partial charge in [-0.3, -0.25) is 9.78 Å². The summed E-state index contributed by atoms with van der Waals surface area (Å²) in [4.78, 5) is 17.9. The fourth-order valence-electron chi connectivity index (χ4n) is 1.94. The molecule has 0 spiro atoms. The summed E-state index contributed by atoms with van der Waals surface area (Å²) in [7, 11) is 4.10. The van der Waals surface area contributed by atoms with E-state index >= 15 is 0 Å². The van der Waals surface area contributed by atoms with Crippen molar-refractivity contribution in [3.8, 4) is 0 Å². The molecule has 0 aromatic carbocycles. The van der Waals surface area contributed by atoms with Crippen molar-refractivity contribution in [2.75, 3.05) is 20.6 Å². The predicted molar refractivity (Wildman–Crippen MR) is 83.2 cm³/mol. The Morgan fingerprint density at radius 2 is 2.00 bits per heavy atom. The SMILES string of the molecule is CC(C)C[C@H](CNC(=O)/C=C/c1ccncc1)N(C)C. The van der Waals surface area contributed by atoms with Crippen LogP contribution in [-0.2, 0) is 4.79 Å². The summed E-state index contributed by atoms with van der Waals surface area (Å²) in [5.74, 6) is 0.559. The summed E-state index contributed by atoms with van der Waals surface area (Å²) in [5.41, 5.74) is 0.974. The van der Waals surface area contributed by atoms with E-state index in [2.05, 4.69) is 29.0 Å². The fourth-order valence-corrected chi connectivity index (χ4v) is 1.94. The number of nitrogens with zero attached hydrogens (tertiary/aromatic N) is 2. The van der Waals surface area contributed by atoms with Crippen LogP contribution in [0.2, 0.25) is 0 Å². The highest BCUT2D eigenvalue weighted by atomic mass is 16.1. The normalized spacial score (nSPS) is 13.1. The molecule has 110 valence electrons. The molecule has 0 unspecified atom stereocenters. The lowest BCUT2D eigenvalue weighted by Crippen LogP contribution is -2.40. The minimum absolute atomic E-state index is 0.0579. The van der Waals surface area contributed by atoms with E-state index in [-0.39, 0.29) is 5.91 Å². The molecule has 4 heteroatoms. The molecular weight excluding hydrogens is 250 g/mol. The second-order valence-corrected chi connectivity index (χ2v) is 5.61. The molecule has 1 N–H and O–H groups in total. The van der Waals surface area contributed by atoms with E-state index in [0.717, 1.165) is 12.0 Å². The quantitative estimate of drug-likeness (QED) is 0.776. The molecule has 1 heterocycles. The molecule has 20 heavy (non-hydrogen) atoms. The van der Waals surface area contributed by atoms with Crippen LogP contribution in [0.4, 0.5) is 0 Å². The first-order valence-electron chi connectivity index (χ1n) is 7.01. The van der Waals surface area contributed by atoms with Crippen molar-refractivity contribution in [1.82, 2.24) is 15.2 Å². The van der Waals surface area contributed by atoms with E-state index in [4.69, 9.17) is 0 Å². The molecule has 1 rings (SSSR count). The number of aromatic nitrogens is 1. The van der Waals surface area contributed by atoms with Gasteiger partial charge < -0.3 is 10.2 Å². The van der Waals surface area contributed by atoms with Gasteiger partial charge in [-0.05, 0) is 50.2 Å². The Bertz CT molecular complexity index is 427. The Hall–Kier alpha value is -1.68. The largest absolute Gasteiger partial charge is 0.351 e. The summed E-state index contributed by atoms with van der Waals surface area (Å²) in [5, 5.41) is 2.96. The molecular formula is C16H25N3O. The fraction of sp³-hybridized carbons (Fsp3) is 0.500. The lowest BCUT2D eigenvalue weighted by atomic mass is 10.0. The predicted octanol–water partition coefficient (Wildman–Crippen LogP) is 2.19. The molecule has 0 saturated heterocycles. The molecule has 0 saturated carbocycles. The van der Waals surface area contributed by atoms with Crippen LogP contribution in [0.3, 0.4) is 0 Å². The van der Waals surface area contributed by atoms with E-state index < -0.39 is 0 Å². The van der Waals surface area contributed by atoms with Crippen LogP contribution < -0.4 is 5.32 Å². The van der Waals surface area contributed by atoms with Crippen LogP contribution in [-0.4, -0.2) is 42.5 Å². The van der Waals surface area contributed by atoms with Gasteiger partial charge in [0.05, 0.1) is 0 Å². The first kappa shape index (κ1) is 16.4. The smallest absolute Gasteiger partial charge is 0.244 e. The van der Waals surface area contributed by atoms with Crippen LogP contribution >= 0.6 is 0 Å².